The van der Waals surface area contributed by atoms with Gasteiger partial charge in [0.1, 0.15) is 0 Å². The summed E-state index contributed by atoms with van der Waals surface area (Å²) >= 11 is 0. The van der Waals surface area contributed by atoms with Gasteiger partial charge in [-0.05, 0) is 24.6 Å². The van der Waals surface area contributed by atoms with Crippen molar-refractivity contribution in [1.82, 2.24) is 9.78 Å². The average molecular weight is 201 g/mol. The van der Waals surface area contributed by atoms with Gasteiger partial charge in [-0.25, -0.2) is 0 Å². The minimum absolute atomic E-state index is 0.0678. The van der Waals surface area contributed by atoms with Crippen molar-refractivity contribution in [2.24, 2.45) is 12.8 Å². The maximum absolute atomic E-state index is 5.85. The van der Waals surface area contributed by atoms with E-state index in [2.05, 4.69) is 17.2 Å². The fourth-order valence-electron chi connectivity index (χ4n) is 1.64. The summed E-state index contributed by atoms with van der Waals surface area (Å²) in [6, 6.07) is 10.3. The zero-order chi connectivity index (χ0) is 10.8. The standard InChI is InChI=1S/C12H15N3/c1-9(13)10-4-3-5-11(8-10)12-6-7-14-15(12)2/h3-9H,13H2,1-2H3. The summed E-state index contributed by atoms with van der Waals surface area (Å²) in [4.78, 5) is 0. The van der Waals surface area contributed by atoms with Crippen LogP contribution >= 0.6 is 0 Å². The average Bonchev–Trinajstić information content (AvgIpc) is 2.64. The Morgan fingerprint density at radius 3 is 2.73 bits per heavy atom. The Labute approximate surface area is 89.5 Å². The largest absolute Gasteiger partial charge is 0.324 e. The van der Waals surface area contributed by atoms with Crippen LogP contribution < -0.4 is 5.73 Å². The zero-order valence-corrected chi connectivity index (χ0v) is 9.01. The van der Waals surface area contributed by atoms with Gasteiger partial charge in [-0.15, -0.1) is 0 Å². The molecule has 78 valence electrons. The summed E-state index contributed by atoms with van der Waals surface area (Å²) < 4.78 is 1.86. The van der Waals surface area contributed by atoms with Crippen molar-refractivity contribution in [1.29, 1.82) is 0 Å². The van der Waals surface area contributed by atoms with E-state index in [0.29, 0.717) is 0 Å². The highest BCUT2D eigenvalue weighted by Gasteiger charge is 2.04. The fourth-order valence-corrected chi connectivity index (χ4v) is 1.64. The summed E-state index contributed by atoms with van der Waals surface area (Å²) in [5, 5.41) is 4.15. The van der Waals surface area contributed by atoms with Crippen LogP contribution in [0.25, 0.3) is 11.3 Å². The molecule has 0 bridgehead atoms. The van der Waals surface area contributed by atoms with Crippen molar-refractivity contribution in [3.8, 4) is 11.3 Å². The Kier molecular flexibility index (Phi) is 2.56. The lowest BCUT2D eigenvalue weighted by molar-refractivity contribution is 0.774. The highest BCUT2D eigenvalue weighted by molar-refractivity contribution is 5.60. The normalized spacial score (nSPS) is 12.7. The van der Waals surface area contributed by atoms with Gasteiger partial charge in [0.2, 0.25) is 0 Å². The number of aromatic nitrogens is 2. The lowest BCUT2D eigenvalue weighted by Crippen LogP contribution is -2.04. The molecule has 0 spiro atoms. The van der Waals surface area contributed by atoms with Crippen LogP contribution in [0.2, 0.25) is 0 Å². The van der Waals surface area contributed by atoms with Crippen LogP contribution in [0.4, 0.5) is 0 Å². The maximum Gasteiger partial charge on any atom is 0.0678 e. The Balaban J connectivity index is 2.46. The van der Waals surface area contributed by atoms with Gasteiger partial charge in [-0.3, -0.25) is 4.68 Å². The monoisotopic (exact) mass is 201 g/mol. The molecule has 1 aromatic heterocycles. The van der Waals surface area contributed by atoms with Gasteiger partial charge in [0.25, 0.3) is 0 Å². The van der Waals surface area contributed by atoms with E-state index in [0.717, 1.165) is 16.8 Å². The molecule has 2 rings (SSSR count). The second kappa shape index (κ2) is 3.87. The van der Waals surface area contributed by atoms with Crippen LogP contribution in [-0.2, 0) is 7.05 Å². The molecule has 0 aliphatic carbocycles. The Morgan fingerprint density at radius 2 is 2.13 bits per heavy atom. The molecule has 0 saturated heterocycles. The smallest absolute Gasteiger partial charge is 0.0678 e. The van der Waals surface area contributed by atoms with E-state index in [4.69, 9.17) is 5.73 Å². The lowest BCUT2D eigenvalue weighted by Gasteiger charge is -2.08. The van der Waals surface area contributed by atoms with E-state index >= 15 is 0 Å². The van der Waals surface area contributed by atoms with E-state index in [9.17, 15) is 0 Å². The molecule has 1 atom stereocenters. The summed E-state index contributed by atoms with van der Waals surface area (Å²) in [7, 11) is 1.94. The Bertz CT molecular complexity index is 457. The quantitative estimate of drug-likeness (QED) is 0.808. The van der Waals surface area contributed by atoms with Crippen molar-refractivity contribution in [3.05, 3.63) is 42.1 Å². The SMILES string of the molecule is CC(N)c1cccc(-c2ccnn2C)c1. The minimum atomic E-state index is 0.0678. The van der Waals surface area contributed by atoms with Gasteiger partial charge in [0, 0.05) is 24.8 Å². The fraction of sp³-hybridized carbons (Fsp3) is 0.250. The molecule has 3 heteroatoms. The van der Waals surface area contributed by atoms with E-state index in [1.54, 1.807) is 6.20 Å². The topological polar surface area (TPSA) is 43.8 Å². The predicted octanol–water partition coefficient (Wildman–Crippen LogP) is 2.11. The van der Waals surface area contributed by atoms with Gasteiger partial charge in [0.05, 0.1) is 5.69 Å². The van der Waals surface area contributed by atoms with Crippen molar-refractivity contribution >= 4 is 0 Å². The molecule has 0 aliphatic heterocycles. The molecular weight excluding hydrogens is 186 g/mol. The van der Waals surface area contributed by atoms with Crippen LogP contribution in [0, 0.1) is 0 Å². The van der Waals surface area contributed by atoms with Crippen LogP contribution in [0.1, 0.15) is 18.5 Å². The number of nitrogens with two attached hydrogens (primary N) is 1. The van der Waals surface area contributed by atoms with Gasteiger partial charge >= 0.3 is 0 Å². The van der Waals surface area contributed by atoms with Gasteiger partial charge in [0.15, 0.2) is 0 Å². The van der Waals surface area contributed by atoms with E-state index < -0.39 is 0 Å². The Hall–Kier alpha value is -1.61. The first-order chi connectivity index (χ1) is 7.18. The predicted molar refractivity (Wildman–Crippen MR) is 61.2 cm³/mol. The number of rotatable bonds is 2. The Morgan fingerprint density at radius 1 is 1.33 bits per heavy atom. The molecule has 0 fully saturated rings. The molecule has 0 saturated carbocycles. The van der Waals surface area contributed by atoms with E-state index in [1.165, 1.54) is 0 Å². The summed E-state index contributed by atoms with van der Waals surface area (Å²) in [5.41, 5.74) is 9.26. The number of aryl methyl sites for hydroxylation is 1. The highest BCUT2D eigenvalue weighted by Crippen LogP contribution is 2.21. The molecule has 0 radical (unpaired) electrons. The summed E-state index contributed by atoms with van der Waals surface area (Å²) in [5.74, 6) is 0. The molecular formula is C12H15N3. The molecule has 3 nitrogen and oxygen atoms in total. The molecule has 2 N–H and O–H groups in total. The third-order valence-electron chi connectivity index (χ3n) is 2.53. The van der Waals surface area contributed by atoms with Crippen molar-refractivity contribution in [3.63, 3.8) is 0 Å². The second-order valence-electron chi connectivity index (χ2n) is 3.75. The molecule has 0 aliphatic rings. The first-order valence-corrected chi connectivity index (χ1v) is 5.02. The maximum atomic E-state index is 5.85. The number of nitrogens with zero attached hydrogens (tertiary/aromatic N) is 2. The summed E-state index contributed by atoms with van der Waals surface area (Å²) in [6.07, 6.45) is 1.80. The van der Waals surface area contributed by atoms with Crippen molar-refractivity contribution in [2.45, 2.75) is 13.0 Å². The van der Waals surface area contributed by atoms with Crippen LogP contribution in [0.15, 0.2) is 36.5 Å². The lowest BCUT2D eigenvalue weighted by atomic mass is 10.0. The molecule has 1 heterocycles. The third-order valence-corrected chi connectivity index (χ3v) is 2.53. The molecule has 2 aromatic rings. The number of hydrogen-bond donors (Lipinski definition) is 1. The first kappa shape index (κ1) is 9.93. The van der Waals surface area contributed by atoms with Crippen molar-refractivity contribution in [2.75, 3.05) is 0 Å². The molecule has 1 unspecified atom stereocenters. The first-order valence-electron chi connectivity index (χ1n) is 5.02. The highest BCUT2D eigenvalue weighted by atomic mass is 15.2. The van der Waals surface area contributed by atoms with Crippen molar-refractivity contribution < 1.29 is 0 Å². The molecule has 1 aromatic carbocycles. The third kappa shape index (κ3) is 1.92. The van der Waals surface area contributed by atoms with E-state index in [-0.39, 0.29) is 6.04 Å². The van der Waals surface area contributed by atoms with Gasteiger partial charge in [-0.2, -0.15) is 5.10 Å². The number of hydrogen-bond acceptors (Lipinski definition) is 2. The van der Waals surface area contributed by atoms with Gasteiger partial charge in [-0.1, -0.05) is 18.2 Å². The van der Waals surface area contributed by atoms with Crippen LogP contribution in [0.3, 0.4) is 0 Å². The number of benzene rings is 1. The van der Waals surface area contributed by atoms with Crippen LogP contribution in [-0.4, -0.2) is 9.78 Å². The van der Waals surface area contributed by atoms with E-state index in [1.807, 2.05) is 36.9 Å². The molecule has 15 heavy (non-hydrogen) atoms. The van der Waals surface area contributed by atoms with Gasteiger partial charge < -0.3 is 5.73 Å². The molecule has 0 amide bonds. The van der Waals surface area contributed by atoms with Crippen LogP contribution in [0.5, 0.6) is 0 Å². The zero-order valence-electron chi connectivity index (χ0n) is 9.01. The summed E-state index contributed by atoms with van der Waals surface area (Å²) in [6.45, 7) is 1.99. The minimum Gasteiger partial charge on any atom is -0.324 e. The second-order valence-corrected chi connectivity index (χ2v) is 3.75.